The molecule has 0 aliphatic heterocycles. The molecule has 118 valence electrons. The molecule has 0 saturated carbocycles. The van der Waals surface area contributed by atoms with Crippen LogP contribution in [0.4, 0.5) is 0 Å². The Morgan fingerprint density at radius 3 is 2.00 bits per heavy atom. The van der Waals surface area contributed by atoms with E-state index in [4.69, 9.17) is 13.8 Å². The molecule has 1 atom stereocenters. The minimum absolute atomic E-state index is 0.693. The maximum Gasteiger partial charge on any atom is 0.384 e. The van der Waals surface area contributed by atoms with Gasteiger partial charge in [0.1, 0.15) is 5.75 Å². The molecule has 0 aliphatic carbocycles. The molecule has 2 aromatic carbocycles. The molecule has 0 radical (unpaired) electrons. The molecule has 0 N–H and O–H groups in total. The normalized spacial score (nSPS) is 12.0. The van der Waals surface area contributed by atoms with Gasteiger partial charge >= 0.3 is 8.53 Å². The van der Waals surface area contributed by atoms with Crippen molar-refractivity contribution in [1.29, 1.82) is 0 Å². The van der Waals surface area contributed by atoms with Crippen LogP contribution < -0.4 is 13.8 Å². The zero-order valence-electron chi connectivity index (χ0n) is 13.2. The van der Waals surface area contributed by atoms with Crippen LogP contribution in [0.3, 0.4) is 0 Å². The Morgan fingerprint density at radius 2 is 1.41 bits per heavy atom. The zero-order chi connectivity index (χ0) is 15.8. The van der Waals surface area contributed by atoms with E-state index in [9.17, 15) is 0 Å². The van der Waals surface area contributed by atoms with Crippen molar-refractivity contribution in [2.45, 2.75) is 13.8 Å². The third-order valence-corrected chi connectivity index (χ3v) is 4.88. The Morgan fingerprint density at radius 1 is 0.818 bits per heavy atom. The van der Waals surface area contributed by atoms with Crippen LogP contribution in [0.5, 0.6) is 17.2 Å². The van der Waals surface area contributed by atoms with Crippen molar-refractivity contribution in [1.82, 2.24) is 4.67 Å². The van der Waals surface area contributed by atoms with Gasteiger partial charge in [0, 0.05) is 13.1 Å². The van der Waals surface area contributed by atoms with Crippen LogP contribution >= 0.6 is 8.53 Å². The minimum atomic E-state index is -1.25. The molecule has 0 amide bonds. The van der Waals surface area contributed by atoms with Crippen molar-refractivity contribution < 1.29 is 13.8 Å². The molecule has 0 aromatic heterocycles. The molecule has 2 rings (SSSR count). The fraction of sp³-hybridized carbons (Fsp3) is 0.294. The average Bonchev–Trinajstić information content (AvgIpc) is 2.57. The minimum Gasteiger partial charge on any atom is -0.493 e. The van der Waals surface area contributed by atoms with Gasteiger partial charge in [-0.15, -0.1) is 0 Å². The summed E-state index contributed by atoms with van der Waals surface area (Å²) in [6.45, 7) is 5.89. The van der Waals surface area contributed by atoms with E-state index < -0.39 is 8.53 Å². The summed E-state index contributed by atoms with van der Waals surface area (Å²) in [7, 11) is 0.393. The first-order chi connectivity index (χ1) is 10.8. The molecule has 5 heteroatoms. The lowest BCUT2D eigenvalue weighted by Gasteiger charge is -2.27. The summed E-state index contributed by atoms with van der Waals surface area (Å²) in [6, 6.07) is 17.4. The van der Waals surface area contributed by atoms with Crippen molar-refractivity contribution >= 4 is 8.53 Å². The molecule has 0 heterocycles. The van der Waals surface area contributed by atoms with Gasteiger partial charge in [-0.2, -0.15) is 0 Å². The first-order valence-corrected chi connectivity index (χ1v) is 8.50. The van der Waals surface area contributed by atoms with Crippen molar-refractivity contribution in [2.24, 2.45) is 0 Å². The molecule has 4 nitrogen and oxygen atoms in total. The van der Waals surface area contributed by atoms with E-state index in [1.165, 1.54) is 0 Å². The second kappa shape index (κ2) is 8.62. The van der Waals surface area contributed by atoms with Crippen molar-refractivity contribution in [3.63, 3.8) is 0 Å². The summed E-state index contributed by atoms with van der Waals surface area (Å²) in [5.74, 6) is 2.20. The van der Waals surface area contributed by atoms with Gasteiger partial charge in [0.25, 0.3) is 0 Å². The number of hydrogen-bond acceptors (Lipinski definition) is 4. The monoisotopic (exact) mass is 319 g/mol. The maximum absolute atomic E-state index is 6.13. The third kappa shape index (κ3) is 4.36. The fourth-order valence-corrected chi connectivity index (χ4v) is 3.29. The topological polar surface area (TPSA) is 30.9 Å². The van der Waals surface area contributed by atoms with E-state index in [0.29, 0.717) is 11.5 Å². The van der Waals surface area contributed by atoms with Crippen molar-refractivity contribution in [3.05, 3.63) is 54.6 Å². The van der Waals surface area contributed by atoms with Gasteiger partial charge in [0.2, 0.25) is 0 Å². The second-order valence-corrected chi connectivity index (χ2v) is 5.93. The van der Waals surface area contributed by atoms with E-state index in [-0.39, 0.29) is 0 Å². The smallest absolute Gasteiger partial charge is 0.384 e. The summed E-state index contributed by atoms with van der Waals surface area (Å²) in [5.41, 5.74) is 0. The standard InChI is InChI=1S/C17H22NO3P/c1-4-18(5-2)22(20-15-11-7-6-8-12-15)21-17-14-10-9-13-16(17)19-3/h6-14H,4-5H2,1-3H3. The predicted molar refractivity (Wildman–Crippen MR) is 90.5 cm³/mol. The van der Waals surface area contributed by atoms with E-state index in [1.54, 1.807) is 7.11 Å². The Hall–Kier alpha value is -1.77. The number of rotatable bonds is 8. The lowest BCUT2D eigenvalue weighted by Crippen LogP contribution is -2.22. The maximum atomic E-state index is 6.13. The Bertz CT molecular complexity index is 561. The highest BCUT2D eigenvalue weighted by molar-refractivity contribution is 7.45. The number of hydrogen-bond donors (Lipinski definition) is 0. The quantitative estimate of drug-likeness (QED) is 0.659. The van der Waals surface area contributed by atoms with Crippen molar-refractivity contribution in [3.8, 4) is 17.2 Å². The van der Waals surface area contributed by atoms with Crippen LogP contribution in [-0.2, 0) is 0 Å². The van der Waals surface area contributed by atoms with Gasteiger partial charge in [-0.25, -0.2) is 4.67 Å². The van der Waals surface area contributed by atoms with Gasteiger partial charge in [0.15, 0.2) is 11.5 Å². The first kappa shape index (κ1) is 16.6. The van der Waals surface area contributed by atoms with Gasteiger partial charge in [-0.3, -0.25) is 0 Å². The molecule has 0 aliphatic rings. The van der Waals surface area contributed by atoms with Crippen LogP contribution in [0.2, 0.25) is 0 Å². The van der Waals surface area contributed by atoms with Gasteiger partial charge in [-0.05, 0) is 24.3 Å². The van der Waals surface area contributed by atoms with Gasteiger partial charge in [-0.1, -0.05) is 44.2 Å². The largest absolute Gasteiger partial charge is 0.493 e. The van der Waals surface area contributed by atoms with Crippen LogP contribution in [0.1, 0.15) is 13.8 Å². The number of ether oxygens (including phenoxy) is 1. The van der Waals surface area contributed by atoms with E-state index in [0.717, 1.165) is 18.8 Å². The molecule has 1 unspecified atom stereocenters. The Labute approximate surface area is 133 Å². The van der Waals surface area contributed by atoms with Crippen LogP contribution in [0.25, 0.3) is 0 Å². The van der Waals surface area contributed by atoms with Crippen molar-refractivity contribution in [2.75, 3.05) is 20.2 Å². The highest BCUT2D eigenvalue weighted by Gasteiger charge is 2.24. The summed E-state index contributed by atoms with van der Waals surface area (Å²) in [4.78, 5) is 0. The molecular formula is C17H22NO3P. The van der Waals surface area contributed by atoms with Crippen LogP contribution in [0, 0.1) is 0 Å². The van der Waals surface area contributed by atoms with E-state index in [1.807, 2.05) is 54.6 Å². The van der Waals surface area contributed by atoms with Gasteiger partial charge in [0.05, 0.1) is 7.11 Å². The summed E-state index contributed by atoms with van der Waals surface area (Å²) < 4.78 is 19.7. The lowest BCUT2D eigenvalue weighted by molar-refractivity contribution is 0.353. The number of para-hydroxylation sites is 3. The summed E-state index contributed by atoms with van der Waals surface area (Å²) in [6.07, 6.45) is 0. The number of benzene rings is 2. The summed E-state index contributed by atoms with van der Waals surface area (Å²) in [5, 5.41) is 0. The molecule has 0 bridgehead atoms. The molecule has 2 aromatic rings. The Balaban J connectivity index is 2.20. The molecule has 0 saturated heterocycles. The van der Waals surface area contributed by atoms with Gasteiger partial charge < -0.3 is 13.8 Å². The lowest BCUT2D eigenvalue weighted by atomic mass is 10.3. The highest BCUT2D eigenvalue weighted by atomic mass is 31.2. The van der Waals surface area contributed by atoms with Crippen LogP contribution in [-0.4, -0.2) is 24.9 Å². The molecule has 0 spiro atoms. The highest BCUT2D eigenvalue weighted by Crippen LogP contribution is 2.45. The molecule has 0 fully saturated rings. The number of methoxy groups -OCH3 is 1. The predicted octanol–water partition coefficient (Wildman–Crippen LogP) is 4.72. The zero-order valence-corrected chi connectivity index (χ0v) is 14.1. The Kier molecular flexibility index (Phi) is 6.50. The van der Waals surface area contributed by atoms with E-state index >= 15 is 0 Å². The summed E-state index contributed by atoms with van der Waals surface area (Å²) >= 11 is 0. The van der Waals surface area contributed by atoms with E-state index in [2.05, 4.69) is 18.5 Å². The average molecular weight is 319 g/mol. The second-order valence-electron chi connectivity index (χ2n) is 4.52. The first-order valence-electron chi connectivity index (χ1n) is 7.37. The van der Waals surface area contributed by atoms with Crippen LogP contribution in [0.15, 0.2) is 54.6 Å². The fourth-order valence-electron chi connectivity index (χ4n) is 1.94. The SMILES string of the molecule is CCN(CC)P(Oc1ccccc1)Oc1ccccc1OC. The third-order valence-electron chi connectivity index (χ3n) is 3.13. The molecule has 22 heavy (non-hydrogen) atoms. The molecular weight excluding hydrogens is 297 g/mol. The number of nitrogens with zero attached hydrogens (tertiary/aromatic N) is 1.